The molecule has 2 aromatic carbocycles. The zero-order chi connectivity index (χ0) is 15.9. The Morgan fingerprint density at radius 2 is 1.24 bits per heavy atom. The molecule has 0 bridgehead atoms. The Kier molecular flexibility index (Phi) is 3.67. The molecule has 2 nitrogen and oxygen atoms in total. The Labute approximate surface area is 112 Å². The van der Waals surface area contributed by atoms with E-state index in [4.69, 9.17) is 5.11 Å². The van der Waals surface area contributed by atoms with Gasteiger partial charge in [0.2, 0.25) is 34.8 Å². The fourth-order valence-corrected chi connectivity index (χ4v) is 1.41. The molecule has 9 heteroatoms. The van der Waals surface area contributed by atoms with Gasteiger partial charge in [-0.2, -0.15) is 22.0 Å². The summed E-state index contributed by atoms with van der Waals surface area (Å²) < 4.78 is 96.0. The van der Waals surface area contributed by atoms with Gasteiger partial charge in [-0.3, -0.25) is 0 Å². The number of phenols is 1. The average Bonchev–Trinajstić information content (AvgIpc) is 2.44. The maximum absolute atomic E-state index is 13.3. The standard InChI is InChI=1S/C12H3F7O2/c13-3-1-4(14)6(15)5(2-3)21-12-9(18)7(16)11(20)8(17)10(12)19/h1-2,20H. The summed E-state index contributed by atoms with van der Waals surface area (Å²) in [5.74, 6) is -18.8. The minimum Gasteiger partial charge on any atom is -0.503 e. The maximum Gasteiger partial charge on any atom is 0.208 e. The normalized spacial score (nSPS) is 10.8. The van der Waals surface area contributed by atoms with Crippen LogP contribution in [0.15, 0.2) is 12.1 Å². The molecule has 2 aromatic rings. The number of hydrogen-bond donors (Lipinski definition) is 1. The van der Waals surface area contributed by atoms with Gasteiger partial charge in [0.1, 0.15) is 5.82 Å². The number of benzene rings is 2. The molecule has 0 aliphatic heterocycles. The van der Waals surface area contributed by atoms with E-state index in [2.05, 4.69) is 4.74 Å². The summed E-state index contributed by atoms with van der Waals surface area (Å²) in [4.78, 5) is 0. The lowest BCUT2D eigenvalue weighted by Gasteiger charge is -2.11. The summed E-state index contributed by atoms with van der Waals surface area (Å²) in [6.07, 6.45) is 0. The fourth-order valence-electron chi connectivity index (χ4n) is 1.41. The second kappa shape index (κ2) is 5.15. The maximum atomic E-state index is 13.3. The highest BCUT2D eigenvalue weighted by atomic mass is 19.2. The molecule has 0 aliphatic rings. The second-order valence-electron chi connectivity index (χ2n) is 3.74. The average molecular weight is 312 g/mol. The third-order valence-electron chi connectivity index (χ3n) is 2.37. The topological polar surface area (TPSA) is 29.5 Å². The molecule has 0 fully saturated rings. The van der Waals surface area contributed by atoms with Gasteiger partial charge in [-0.25, -0.2) is 8.78 Å². The second-order valence-corrected chi connectivity index (χ2v) is 3.74. The van der Waals surface area contributed by atoms with E-state index >= 15 is 0 Å². The van der Waals surface area contributed by atoms with E-state index in [0.717, 1.165) is 0 Å². The van der Waals surface area contributed by atoms with E-state index in [9.17, 15) is 30.7 Å². The zero-order valence-electron chi connectivity index (χ0n) is 9.66. The molecule has 0 aliphatic carbocycles. The van der Waals surface area contributed by atoms with Crippen molar-refractivity contribution in [3.63, 3.8) is 0 Å². The van der Waals surface area contributed by atoms with Crippen LogP contribution in [0, 0.1) is 40.7 Å². The van der Waals surface area contributed by atoms with Crippen LogP contribution in [0.5, 0.6) is 17.2 Å². The lowest BCUT2D eigenvalue weighted by atomic mass is 10.2. The number of halogens is 7. The monoisotopic (exact) mass is 312 g/mol. The largest absolute Gasteiger partial charge is 0.503 e. The Morgan fingerprint density at radius 1 is 0.714 bits per heavy atom. The molecule has 0 amide bonds. The van der Waals surface area contributed by atoms with Crippen molar-refractivity contribution in [1.29, 1.82) is 0 Å². The van der Waals surface area contributed by atoms with Crippen LogP contribution < -0.4 is 4.74 Å². The minimum absolute atomic E-state index is 0.118. The van der Waals surface area contributed by atoms with Crippen molar-refractivity contribution in [2.75, 3.05) is 0 Å². The number of ether oxygens (including phenoxy) is 1. The predicted octanol–water partition coefficient (Wildman–Crippen LogP) is 4.16. The first-order valence-electron chi connectivity index (χ1n) is 5.11. The van der Waals surface area contributed by atoms with Crippen LogP contribution in [0.3, 0.4) is 0 Å². The molecule has 0 unspecified atom stereocenters. The molecule has 2 rings (SSSR count). The SMILES string of the molecule is Oc1c(F)c(F)c(Oc2cc(F)cc(F)c2F)c(F)c1F. The van der Waals surface area contributed by atoms with E-state index in [1.54, 1.807) is 0 Å². The highest BCUT2D eigenvalue weighted by molar-refractivity contribution is 5.40. The van der Waals surface area contributed by atoms with Gasteiger partial charge in [0.05, 0.1) is 0 Å². The van der Waals surface area contributed by atoms with Gasteiger partial charge in [0, 0.05) is 12.1 Å². The van der Waals surface area contributed by atoms with E-state index < -0.39 is 58.0 Å². The third kappa shape index (κ3) is 2.46. The van der Waals surface area contributed by atoms with Crippen LogP contribution in [0.2, 0.25) is 0 Å². The molecular weight excluding hydrogens is 309 g/mol. The molecular formula is C12H3F7O2. The van der Waals surface area contributed by atoms with Crippen molar-refractivity contribution in [1.82, 2.24) is 0 Å². The molecule has 0 radical (unpaired) electrons. The van der Waals surface area contributed by atoms with Gasteiger partial charge in [-0.05, 0) is 0 Å². The Morgan fingerprint density at radius 3 is 1.76 bits per heavy atom. The van der Waals surface area contributed by atoms with Crippen LogP contribution >= 0.6 is 0 Å². The lowest BCUT2D eigenvalue weighted by Crippen LogP contribution is -2.02. The number of rotatable bonds is 2. The summed E-state index contributed by atoms with van der Waals surface area (Å²) in [7, 11) is 0. The summed E-state index contributed by atoms with van der Waals surface area (Å²) >= 11 is 0. The third-order valence-corrected chi connectivity index (χ3v) is 2.37. The fraction of sp³-hybridized carbons (Fsp3) is 0. The van der Waals surface area contributed by atoms with E-state index in [0.29, 0.717) is 0 Å². The molecule has 0 saturated heterocycles. The van der Waals surface area contributed by atoms with Gasteiger partial charge in [-0.1, -0.05) is 0 Å². The first-order chi connectivity index (χ1) is 9.73. The zero-order valence-corrected chi connectivity index (χ0v) is 9.66. The van der Waals surface area contributed by atoms with E-state index in [-0.39, 0.29) is 12.1 Å². The molecule has 0 aromatic heterocycles. The van der Waals surface area contributed by atoms with E-state index in [1.165, 1.54) is 0 Å². The molecule has 0 spiro atoms. The van der Waals surface area contributed by atoms with Gasteiger partial charge >= 0.3 is 0 Å². The van der Waals surface area contributed by atoms with Gasteiger partial charge < -0.3 is 9.84 Å². The van der Waals surface area contributed by atoms with Gasteiger partial charge in [0.25, 0.3) is 0 Å². The summed E-state index contributed by atoms with van der Waals surface area (Å²) in [5, 5.41) is 8.72. The first kappa shape index (κ1) is 14.9. The summed E-state index contributed by atoms with van der Waals surface area (Å²) in [5.41, 5.74) is 0. The van der Waals surface area contributed by atoms with Crippen molar-refractivity contribution in [3.05, 3.63) is 52.9 Å². The quantitative estimate of drug-likeness (QED) is 0.666. The van der Waals surface area contributed by atoms with Crippen LogP contribution in [-0.4, -0.2) is 5.11 Å². The predicted molar refractivity (Wildman–Crippen MR) is 54.3 cm³/mol. The number of hydrogen-bond acceptors (Lipinski definition) is 2. The Hall–Kier alpha value is -2.45. The van der Waals surface area contributed by atoms with Crippen LogP contribution in [0.1, 0.15) is 0 Å². The summed E-state index contributed by atoms with van der Waals surface area (Å²) in [6.45, 7) is 0. The van der Waals surface area contributed by atoms with Crippen molar-refractivity contribution in [2.45, 2.75) is 0 Å². The van der Waals surface area contributed by atoms with Crippen LogP contribution in [-0.2, 0) is 0 Å². The van der Waals surface area contributed by atoms with Gasteiger partial charge in [0.15, 0.2) is 17.3 Å². The van der Waals surface area contributed by atoms with Crippen molar-refractivity contribution in [2.24, 2.45) is 0 Å². The van der Waals surface area contributed by atoms with Crippen LogP contribution in [0.4, 0.5) is 30.7 Å². The Bertz CT molecular complexity index is 701. The smallest absolute Gasteiger partial charge is 0.208 e. The highest BCUT2D eigenvalue weighted by Crippen LogP contribution is 2.37. The minimum atomic E-state index is -2.21. The molecule has 0 atom stereocenters. The highest BCUT2D eigenvalue weighted by Gasteiger charge is 2.28. The van der Waals surface area contributed by atoms with Crippen molar-refractivity contribution < 1.29 is 40.6 Å². The summed E-state index contributed by atoms with van der Waals surface area (Å²) in [6, 6.07) is 0.326. The molecule has 1 N–H and O–H groups in total. The molecule has 21 heavy (non-hydrogen) atoms. The molecule has 0 heterocycles. The molecule has 112 valence electrons. The lowest BCUT2D eigenvalue weighted by molar-refractivity contribution is 0.316. The first-order valence-corrected chi connectivity index (χ1v) is 5.11. The number of phenolic OH excluding ortho intramolecular Hbond substituents is 1. The van der Waals surface area contributed by atoms with E-state index in [1.807, 2.05) is 0 Å². The number of aromatic hydroxyl groups is 1. The molecule has 0 saturated carbocycles. The van der Waals surface area contributed by atoms with Crippen LogP contribution in [0.25, 0.3) is 0 Å². The Balaban J connectivity index is 2.60. The van der Waals surface area contributed by atoms with Gasteiger partial charge in [-0.15, -0.1) is 0 Å². The van der Waals surface area contributed by atoms with Crippen molar-refractivity contribution in [3.8, 4) is 17.2 Å². The van der Waals surface area contributed by atoms with Crippen molar-refractivity contribution >= 4 is 0 Å².